The van der Waals surface area contributed by atoms with E-state index in [1.54, 1.807) is 6.07 Å². The van der Waals surface area contributed by atoms with E-state index in [0.717, 1.165) is 11.1 Å². The quantitative estimate of drug-likeness (QED) is 0.685. The van der Waals surface area contributed by atoms with Gasteiger partial charge >= 0.3 is 0 Å². The van der Waals surface area contributed by atoms with Gasteiger partial charge in [0.05, 0.1) is 11.6 Å². The first-order valence-electron chi connectivity index (χ1n) is 4.24. The first kappa shape index (κ1) is 9.47. The Labute approximate surface area is 78.3 Å². The average Bonchev–Trinajstić information content (AvgIpc) is 2.16. The fourth-order valence-corrected chi connectivity index (χ4v) is 1.35. The summed E-state index contributed by atoms with van der Waals surface area (Å²) in [6, 6.07) is 7.66. The summed E-state index contributed by atoms with van der Waals surface area (Å²) in [6.07, 6.45) is 1.26. The number of benzene rings is 1. The molecule has 0 aliphatic rings. The monoisotopic (exact) mass is 172 g/mol. The molecule has 1 N–H and O–H groups in total. The van der Waals surface area contributed by atoms with Crippen molar-refractivity contribution in [1.82, 2.24) is 0 Å². The maximum absolute atomic E-state index is 8.80. The zero-order valence-corrected chi connectivity index (χ0v) is 7.83. The topological polar surface area (TPSA) is 47.6 Å². The van der Waals surface area contributed by atoms with Gasteiger partial charge in [-0.3, -0.25) is 0 Å². The second-order valence-electron chi connectivity index (χ2n) is 3.22. The lowest BCUT2D eigenvalue weighted by Crippen LogP contribution is -1.97. The molecule has 0 fully saturated rings. The van der Waals surface area contributed by atoms with E-state index in [1.165, 1.54) is 6.21 Å². The fraction of sp³-hybridized carbons (Fsp3) is 0.273. The summed E-state index contributed by atoms with van der Waals surface area (Å²) < 4.78 is 0. The summed E-state index contributed by atoms with van der Waals surface area (Å²) in [5, 5.41) is 16.0. The van der Waals surface area contributed by atoms with Gasteiger partial charge in [-0.05, 0) is 17.5 Å². The molecular formula is C11H12N2. The highest BCUT2D eigenvalue weighted by atomic mass is 14.3. The van der Waals surface area contributed by atoms with Crippen molar-refractivity contribution in [2.45, 2.75) is 19.8 Å². The Morgan fingerprint density at radius 3 is 2.62 bits per heavy atom. The molecule has 66 valence electrons. The van der Waals surface area contributed by atoms with Gasteiger partial charge in [0.1, 0.15) is 0 Å². The molecule has 0 bridgehead atoms. The minimum absolute atomic E-state index is 0.352. The van der Waals surface area contributed by atoms with Gasteiger partial charge in [-0.25, -0.2) is 0 Å². The normalized spacial score (nSPS) is 9.69. The molecule has 0 aliphatic heterocycles. The predicted octanol–water partition coefficient (Wildman–Crippen LogP) is 2.68. The van der Waals surface area contributed by atoms with Gasteiger partial charge in [0.25, 0.3) is 0 Å². The number of nitrogens with one attached hydrogen (secondary N) is 1. The summed E-state index contributed by atoms with van der Waals surface area (Å²) in [7, 11) is 0. The molecule has 0 unspecified atom stereocenters. The number of hydrogen-bond donors (Lipinski definition) is 1. The predicted molar refractivity (Wildman–Crippen MR) is 53.1 cm³/mol. The van der Waals surface area contributed by atoms with Crippen molar-refractivity contribution in [1.29, 1.82) is 10.7 Å². The fourth-order valence-electron chi connectivity index (χ4n) is 1.35. The van der Waals surface area contributed by atoms with Gasteiger partial charge in [-0.2, -0.15) is 5.26 Å². The zero-order chi connectivity index (χ0) is 9.84. The van der Waals surface area contributed by atoms with Gasteiger partial charge in [0.15, 0.2) is 0 Å². The molecule has 0 aromatic heterocycles. The molecule has 1 aromatic carbocycles. The van der Waals surface area contributed by atoms with E-state index in [1.807, 2.05) is 12.1 Å². The van der Waals surface area contributed by atoms with Gasteiger partial charge in [0.2, 0.25) is 0 Å². The van der Waals surface area contributed by atoms with E-state index in [4.69, 9.17) is 10.7 Å². The molecular weight excluding hydrogens is 160 g/mol. The van der Waals surface area contributed by atoms with E-state index in [9.17, 15) is 0 Å². The molecule has 0 saturated carbocycles. The molecule has 0 heterocycles. The van der Waals surface area contributed by atoms with E-state index in [-0.39, 0.29) is 0 Å². The van der Waals surface area contributed by atoms with Crippen LogP contribution in [0.4, 0.5) is 0 Å². The van der Waals surface area contributed by atoms with Crippen LogP contribution in [0.3, 0.4) is 0 Å². The van der Waals surface area contributed by atoms with Crippen LogP contribution in [0.1, 0.15) is 36.5 Å². The zero-order valence-electron chi connectivity index (χ0n) is 7.83. The van der Waals surface area contributed by atoms with E-state index < -0.39 is 0 Å². The van der Waals surface area contributed by atoms with Crippen molar-refractivity contribution in [2.75, 3.05) is 0 Å². The van der Waals surface area contributed by atoms with Crippen molar-refractivity contribution in [2.24, 2.45) is 0 Å². The number of hydrogen-bond acceptors (Lipinski definition) is 2. The summed E-state index contributed by atoms with van der Waals surface area (Å²) >= 11 is 0. The molecule has 0 amide bonds. The highest BCUT2D eigenvalue weighted by Crippen LogP contribution is 2.20. The van der Waals surface area contributed by atoms with Gasteiger partial charge in [-0.1, -0.05) is 26.0 Å². The molecule has 0 saturated heterocycles. The Balaban J connectivity index is 3.37. The third-order valence-electron chi connectivity index (χ3n) is 2.03. The van der Waals surface area contributed by atoms with Crippen LogP contribution in [0.2, 0.25) is 0 Å². The smallest absolute Gasteiger partial charge is 0.0998 e. The minimum atomic E-state index is 0.352. The SMILES string of the molecule is CC(C)c1cccc(C#N)c1C=N. The number of nitriles is 1. The molecule has 2 heteroatoms. The molecule has 13 heavy (non-hydrogen) atoms. The second kappa shape index (κ2) is 3.86. The van der Waals surface area contributed by atoms with Crippen molar-refractivity contribution >= 4 is 6.21 Å². The number of rotatable bonds is 2. The lowest BCUT2D eigenvalue weighted by Gasteiger charge is -2.09. The van der Waals surface area contributed by atoms with Crippen LogP contribution in [0, 0.1) is 16.7 Å². The summed E-state index contributed by atoms with van der Waals surface area (Å²) in [4.78, 5) is 0. The van der Waals surface area contributed by atoms with Crippen molar-refractivity contribution in [3.8, 4) is 6.07 Å². The number of nitrogens with zero attached hydrogens (tertiary/aromatic N) is 1. The lowest BCUT2D eigenvalue weighted by atomic mass is 9.94. The van der Waals surface area contributed by atoms with E-state index in [2.05, 4.69) is 19.9 Å². The van der Waals surface area contributed by atoms with Crippen molar-refractivity contribution in [3.05, 3.63) is 34.9 Å². The Hall–Kier alpha value is -1.62. The second-order valence-corrected chi connectivity index (χ2v) is 3.22. The van der Waals surface area contributed by atoms with Crippen LogP contribution in [0.5, 0.6) is 0 Å². The molecule has 0 aliphatic carbocycles. The molecule has 0 spiro atoms. The van der Waals surface area contributed by atoms with Crippen LogP contribution in [0.25, 0.3) is 0 Å². The van der Waals surface area contributed by atoms with Crippen molar-refractivity contribution in [3.63, 3.8) is 0 Å². The van der Waals surface area contributed by atoms with E-state index in [0.29, 0.717) is 11.5 Å². The lowest BCUT2D eigenvalue weighted by molar-refractivity contribution is 0.864. The molecule has 0 atom stereocenters. The molecule has 1 aromatic rings. The minimum Gasteiger partial charge on any atom is -0.308 e. The van der Waals surface area contributed by atoms with Crippen LogP contribution < -0.4 is 0 Å². The third kappa shape index (κ3) is 1.75. The van der Waals surface area contributed by atoms with Gasteiger partial charge in [0, 0.05) is 11.8 Å². The van der Waals surface area contributed by atoms with Crippen LogP contribution in [-0.2, 0) is 0 Å². The molecule has 1 rings (SSSR count). The Morgan fingerprint density at radius 2 is 2.15 bits per heavy atom. The Kier molecular flexibility index (Phi) is 2.81. The highest BCUT2D eigenvalue weighted by molar-refractivity contribution is 5.83. The van der Waals surface area contributed by atoms with Gasteiger partial charge < -0.3 is 5.41 Å². The highest BCUT2D eigenvalue weighted by Gasteiger charge is 2.07. The summed E-state index contributed by atoms with van der Waals surface area (Å²) in [5.41, 5.74) is 2.40. The molecule has 0 radical (unpaired) electrons. The molecule has 2 nitrogen and oxygen atoms in total. The Morgan fingerprint density at radius 1 is 1.46 bits per heavy atom. The summed E-state index contributed by atoms with van der Waals surface area (Å²) in [6.45, 7) is 4.12. The van der Waals surface area contributed by atoms with Gasteiger partial charge in [-0.15, -0.1) is 0 Å². The maximum atomic E-state index is 8.80. The largest absolute Gasteiger partial charge is 0.308 e. The maximum Gasteiger partial charge on any atom is 0.0998 e. The Bertz CT molecular complexity index is 359. The standard InChI is InChI=1S/C11H12N2/c1-8(2)10-5-3-4-9(6-12)11(10)7-13/h3-5,7-8,13H,1-2H3. The first-order valence-corrected chi connectivity index (χ1v) is 4.24. The third-order valence-corrected chi connectivity index (χ3v) is 2.03. The van der Waals surface area contributed by atoms with Crippen LogP contribution >= 0.6 is 0 Å². The summed E-state index contributed by atoms with van der Waals surface area (Å²) in [5.74, 6) is 0.352. The van der Waals surface area contributed by atoms with Crippen molar-refractivity contribution < 1.29 is 0 Å². The van der Waals surface area contributed by atoms with Crippen LogP contribution in [-0.4, -0.2) is 6.21 Å². The van der Waals surface area contributed by atoms with E-state index >= 15 is 0 Å². The van der Waals surface area contributed by atoms with Crippen LogP contribution in [0.15, 0.2) is 18.2 Å². The first-order chi connectivity index (χ1) is 6.20. The average molecular weight is 172 g/mol.